The van der Waals surface area contributed by atoms with E-state index in [1.54, 1.807) is 12.3 Å². The summed E-state index contributed by atoms with van der Waals surface area (Å²) in [7, 11) is 0. The number of likely N-dealkylation sites (tertiary alicyclic amines) is 1. The van der Waals surface area contributed by atoms with E-state index in [4.69, 9.17) is 0 Å². The molecule has 1 amide bonds. The molecule has 2 aromatic rings. The Morgan fingerprint density at radius 1 is 1.32 bits per heavy atom. The Kier molecular flexibility index (Phi) is 5.48. The lowest BCUT2D eigenvalue weighted by Crippen LogP contribution is -2.36. The Morgan fingerprint density at radius 2 is 2.08 bits per heavy atom. The lowest BCUT2D eigenvalue weighted by atomic mass is 9.99. The number of amides is 1. The summed E-state index contributed by atoms with van der Waals surface area (Å²) in [6.07, 6.45) is 6.48. The molecule has 1 aliphatic heterocycles. The maximum atomic E-state index is 12.5. The van der Waals surface area contributed by atoms with E-state index in [1.807, 2.05) is 13.0 Å². The summed E-state index contributed by atoms with van der Waals surface area (Å²) in [6.45, 7) is 8.05. The summed E-state index contributed by atoms with van der Waals surface area (Å²) >= 11 is 0. The lowest BCUT2D eigenvalue weighted by molar-refractivity contribution is 0.0948. The van der Waals surface area contributed by atoms with Crippen molar-refractivity contribution in [3.8, 4) is 0 Å². The minimum absolute atomic E-state index is 0.0925. The molecule has 0 unspecified atom stereocenters. The SMILES string of the molecule is Cc1ccc2ncc(C(=O)NCCCN3CCC(C)CC3)c(=O)n2c1. The maximum Gasteiger partial charge on any atom is 0.270 e. The second-order valence-corrected chi connectivity index (χ2v) is 7.05. The standard InChI is InChI=1S/C19H26N4O2/c1-14-6-10-22(11-7-14)9-3-8-20-18(24)16-12-21-17-5-4-15(2)13-23(17)19(16)25/h4-5,12-14H,3,6-11H2,1-2H3,(H,20,24). The van der Waals surface area contributed by atoms with Gasteiger partial charge in [0.05, 0.1) is 0 Å². The van der Waals surface area contributed by atoms with Crippen LogP contribution in [0, 0.1) is 12.8 Å². The van der Waals surface area contributed by atoms with Crippen LogP contribution in [0.3, 0.4) is 0 Å². The summed E-state index contributed by atoms with van der Waals surface area (Å²) in [6, 6.07) is 3.67. The van der Waals surface area contributed by atoms with Gasteiger partial charge in [-0.05, 0) is 63.4 Å². The molecule has 3 heterocycles. The number of carbonyl (C=O) groups is 1. The smallest absolute Gasteiger partial charge is 0.270 e. The van der Waals surface area contributed by atoms with Gasteiger partial charge in [0.2, 0.25) is 0 Å². The van der Waals surface area contributed by atoms with Crippen molar-refractivity contribution in [3.05, 3.63) is 46.0 Å². The number of piperidine rings is 1. The van der Waals surface area contributed by atoms with Gasteiger partial charge < -0.3 is 10.2 Å². The molecule has 0 aromatic carbocycles. The van der Waals surface area contributed by atoms with Gasteiger partial charge >= 0.3 is 0 Å². The van der Waals surface area contributed by atoms with Crippen molar-refractivity contribution in [2.24, 2.45) is 5.92 Å². The van der Waals surface area contributed by atoms with E-state index < -0.39 is 0 Å². The first-order valence-corrected chi connectivity index (χ1v) is 9.03. The van der Waals surface area contributed by atoms with E-state index in [0.717, 1.165) is 37.5 Å². The summed E-state index contributed by atoms with van der Waals surface area (Å²) in [5.74, 6) is 0.480. The van der Waals surface area contributed by atoms with Crippen molar-refractivity contribution >= 4 is 11.6 Å². The molecule has 0 bridgehead atoms. The first-order chi connectivity index (χ1) is 12.0. The van der Waals surface area contributed by atoms with Crippen molar-refractivity contribution < 1.29 is 4.79 Å². The van der Waals surface area contributed by atoms with Gasteiger partial charge in [0.1, 0.15) is 11.2 Å². The monoisotopic (exact) mass is 342 g/mol. The van der Waals surface area contributed by atoms with Gasteiger partial charge in [-0.2, -0.15) is 0 Å². The van der Waals surface area contributed by atoms with Gasteiger partial charge in [-0.25, -0.2) is 4.98 Å². The largest absolute Gasteiger partial charge is 0.352 e. The third-order valence-electron chi connectivity index (χ3n) is 4.91. The van der Waals surface area contributed by atoms with Gasteiger partial charge in [0.25, 0.3) is 11.5 Å². The highest BCUT2D eigenvalue weighted by molar-refractivity contribution is 5.93. The molecule has 2 aromatic heterocycles. The highest BCUT2D eigenvalue weighted by Crippen LogP contribution is 2.15. The number of pyridine rings is 1. The van der Waals surface area contributed by atoms with Crippen molar-refractivity contribution in [2.45, 2.75) is 33.1 Å². The zero-order valence-corrected chi connectivity index (χ0v) is 15.0. The van der Waals surface area contributed by atoms with E-state index in [-0.39, 0.29) is 17.0 Å². The normalized spacial score (nSPS) is 16.2. The third-order valence-corrected chi connectivity index (χ3v) is 4.91. The van der Waals surface area contributed by atoms with Crippen LogP contribution in [-0.4, -0.2) is 46.4 Å². The number of rotatable bonds is 5. The minimum Gasteiger partial charge on any atom is -0.352 e. The Bertz CT molecular complexity index is 807. The molecule has 0 aliphatic carbocycles. The molecule has 1 N–H and O–H groups in total. The minimum atomic E-state index is -0.347. The number of aryl methyl sites for hydroxylation is 1. The number of nitrogens with one attached hydrogen (secondary N) is 1. The van der Waals surface area contributed by atoms with Crippen molar-refractivity contribution in [1.29, 1.82) is 0 Å². The summed E-state index contributed by atoms with van der Waals surface area (Å²) in [5.41, 5.74) is 1.27. The lowest BCUT2D eigenvalue weighted by Gasteiger charge is -2.30. The van der Waals surface area contributed by atoms with Gasteiger partial charge in [-0.3, -0.25) is 14.0 Å². The molecule has 0 radical (unpaired) electrons. The van der Waals surface area contributed by atoms with Gasteiger partial charge in [-0.15, -0.1) is 0 Å². The highest BCUT2D eigenvalue weighted by atomic mass is 16.2. The topological polar surface area (TPSA) is 66.7 Å². The predicted molar refractivity (Wildman–Crippen MR) is 98.0 cm³/mol. The van der Waals surface area contributed by atoms with Crippen LogP contribution in [0.1, 0.15) is 42.1 Å². The Morgan fingerprint density at radius 3 is 2.84 bits per heavy atom. The second kappa shape index (κ2) is 7.78. The number of aromatic nitrogens is 2. The quantitative estimate of drug-likeness (QED) is 0.842. The van der Waals surface area contributed by atoms with Crippen molar-refractivity contribution in [3.63, 3.8) is 0 Å². The Hall–Kier alpha value is -2.21. The van der Waals surface area contributed by atoms with Gasteiger partial charge in [0, 0.05) is 18.9 Å². The van der Waals surface area contributed by atoms with Crippen LogP contribution in [0.4, 0.5) is 0 Å². The molecule has 3 rings (SSSR count). The van der Waals surface area contributed by atoms with Gasteiger partial charge in [0.15, 0.2) is 0 Å². The number of hydrogen-bond donors (Lipinski definition) is 1. The van der Waals surface area contributed by atoms with Crippen LogP contribution >= 0.6 is 0 Å². The summed E-state index contributed by atoms with van der Waals surface area (Å²) in [4.78, 5) is 31.4. The Labute approximate surface area is 147 Å². The molecule has 0 saturated carbocycles. The summed E-state index contributed by atoms with van der Waals surface area (Å²) < 4.78 is 1.43. The first-order valence-electron chi connectivity index (χ1n) is 9.03. The third kappa shape index (κ3) is 4.25. The summed E-state index contributed by atoms with van der Waals surface area (Å²) in [5, 5.41) is 2.85. The molecular formula is C19H26N4O2. The van der Waals surface area contributed by atoms with E-state index in [1.165, 1.54) is 23.4 Å². The first kappa shape index (κ1) is 17.6. The molecule has 1 aliphatic rings. The molecule has 0 spiro atoms. The maximum absolute atomic E-state index is 12.5. The van der Waals surface area contributed by atoms with Crippen molar-refractivity contribution in [2.75, 3.05) is 26.2 Å². The average molecular weight is 342 g/mol. The number of fused-ring (bicyclic) bond motifs is 1. The number of hydrogen-bond acceptors (Lipinski definition) is 4. The van der Waals surface area contributed by atoms with Crippen LogP contribution in [0.2, 0.25) is 0 Å². The molecular weight excluding hydrogens is 316 g/mol. The second-order valence-electron chi connectivity index (χ2n) is 7.05. The zero-order chi connectivity index (χ0) is 17.8. The molecule has 1 saturated heterocycles. The van der Waals surface area contributed by atoms with E-state index in [9.17, 15) is 9.59 Å². The van der Waals surface area contributed by atoms with E-state index in [2.05, 4.69) is 22.1 Å². The fourth-order valence-corrected chi connectivity index (χ4v) is 3.22. The van der Waals surface area contributed by atoms with Crippen molar-refractivity contribution in [1.82, 2.24) is 19.6 Å². The fraction of sp³-hybridized carbons (Fsp3) is 0.526. The average Bonchev–Trinajstić information content (AvgIpc) is 2.61. The van der Waals surface area contributed by atoms with Gasteiger partial charge in [-0.1, -0.05) is 13.0 Å². The van der Waals surface area contributed by atoms with E-state index in [0.29, 0.717) is 12.2 Å². The van der Waals surface area contributed by atoms with E-state index >= 15 is 0 Å². The predicted octanol–water partition coefficient (Wildman–Crippen LogP) is 1.85. The molecule has 134 valence electrons. The Balaban J connectivity index is 1.55. The molecule has 0 atom stereocenters. The molecule has 25 heavy (non-hydrogen) atoms. The molecule has 1 fully saturated rings. The fourth-order valence-electron chi connectivity index (χ4n) is 3.22. The number of carbonyl (C=O) groups excluding carboxylic acids is 1. The zero-order valence-electron chi connectivity index (χ0n) is 15.0. The molecule has 6 nitrogen and oxygen atoms in total. The van der Waals surface area contributed by atoms with Crippen LogP contribution in [0.15, 0.2) is 29.3 Å². The van der Waals surface area contributed by atoms with Crippen LogP contribution in [0.25, 0.3) is 5.65 Å². The highest BCUT2D eigenvalue weighted by Gasteiger charge is 2.16. The van der Waals surface area contributed by atoms with Crippen LogP contribution in [0.5, 0.6) is 0 Å². The molecule has 6 heteroatoms. The van der Waals surface area contributed by atoms with Crippen LogP contribution in [-0.2, 0) is 0 Å². The number of nitrogens with zero attached hydrogens (tertiary/aromatic N) is 3. The van der Waals surface area contributed by atoms with Crippen LogP contribution < -0.4 is 10.9 Å².